The standard InChI is InChI=1S/C20H21FN6O/c1-12-4-5-16-14(9-13(21)10-22-16)17-3-2-7-26(17)18-6-8-27-19(25-18)15(11-23-27)20(28)24-12/h6,8-12,17H,2-5,7H2,1H3,(H,24,28)/t12-,17-/m1/s1/i7D2. The number of carbonyl (C=O) groups excluding carboxylic acids is 1. The molecule has 1 saturated heterocycles. The summed E-state index contributed by atoms with van der Waals surface area (Å²) in [7, 11) is 0. The Morgan fingerprint density at radius 3 is 3.14 bits per heavy atom. The van der Waals surface area contributed by atoms with Crippen LogP contribution >= 0.6 is 0 Å². The Bertz CT molecular complexity index is 1150. The molecule has 5 heterocycles. The fourth-order valence-corrected chi connectivity index (χ4v) is 3.96. The number of carbonyl (C=O) groups is 1. The molecule has 1 N–H and O–H groups in total. The van der Waals surface area contributed by atoms with E-state index in [0.717, 1.165) is 0 Å². The summed E-state index contributed by atoms with van der Waals surface area (Å²) >= 11 is 0. The maximum Gasteiger partial charge on any atom is 0.256 e. The monoisotopic (exact) mass is 382 g/mol. The molecule has 28 heavy (non-hydrogen) atoms. The number of nitrogens with one attached hydrogen (secondary N) is 1. The van der Waals surface area contributed by atoms with Gasteiger partial charge in [-0.2, -0.15) is 5.10 Å². The number of amides is 1. The van der Waals surface area contributed by atoms with E-state index in [9.17, 15) is 9.18 Å². The maximum atomic E-state index is 14.2. The van der Waals surface area contributed by atoms with Crippen LogP contribution in [0.1, 0.15) is 56.6 Å². The van der Waals surface area contributed by atoms with Gasteiger partial charge in [0.05, 0.1) is 18.4 Å². The van der Waals surface area contributed by atoms with Crippen LogP contribution in [0, 0.1) is 5.82 Å². The van der Waals surface area contributed by atoms with Crippen molar-refractivity contribution >= 4 is 17.4 Å². The SMILES string of the molecule is [2H]C1([2H])CC[C@@H]2c3cc(F)cnc3CC[C@@H](C)NC(=O)c3cnn4ccc(nc34)N21. The zero-order chi connectivity index (χ0) is 21.0. The summed E-state index contributed by atoms with van der Waals surface area (Å²) in [6.07, 6.45) is 6.27. The smallest absolute Gasteiger partial charge is 0.256 e. The van der Waals surface area contributed by atoms with E-state index in [-0.39, 0.29) is 18.4 Å². The van der Waals surface area contributed by atoms with Crippen LogP contribution in [0.3, 0.4) is 0 Å². The second-order valence-electron chi connectivity index (χ2n) is 7.30. The van der Waals surface area contributed by atoms with Gasteiger partial charge in [0, 0.05) is 27.2 Å². The van der Waals surface area contributed by atoms with Crippen molar-refractivity contribution in [1.82, 2.24) is 24.9 Å². The highest BCUT2D eigenvalue weighted by Gasteiger charge is 2.31. The first kappa shape index (κ1) is 15.0. The number of hydrogen-bond acceptors (Lipinski definition) is 5. The van der Waals surface area contributed by atoms with Gasteiger partial charge in [0.1, 0.15) is 17.2 Å². The lowest BCUT2D eigenvalue weighted by Crippen LogP contribution is -2.33. The second-order valence-corrected chi connectivity index (χ2v) is 7.30. The van der Waals surface area contributed by atoms with Crippen molar-refractivity contribution in [3.05, 3.63) is 53.4 Å². The largest absolute Gasteiger partial charge is 0.349 e. The molecule has 5 rings (SSSR count). The van der Waals surface area contributed by atoms with Crippen molar-refractivity contribution in [3.8, 4) is 0 Å². The molecule has 0 unspecified atom stereocenters. The molecule has 1 fully saturated rings. The number of halogens is 1. The number of aromatic nitrogens is 4. The summed E-state index contributed by atoms with van der Waals surface area (Å²) < 4.78 is 32.8. The Labute approximate surface area is 164 Å². The molecule has 2 aliphatic heterocycles. The van der Waals surface area contributed by atoms with Gasteiger partial charge in [0.2, 0.25) is 0 Å². The van der Waals surface area contributed by atoms with Crippen LogP contribution in [-0.2, 0) is 6.42 Å². The zero-order valence-electron chi connectivity index (χ0n) is 17.4. The molecule has 7 nitrogen and oxygen atoms in total. The summed E-state index contributed by atoms with van der Waals surface area (Å²) in [4.78, 5) is 23.3. The summed E-state index contributed by atoms with van der Waals surface area (Å²) in [5, 5.41) is 7.16. The molecule has 0 saturated carbocycles. The molecule has 3 aromatic heterocycles. The molecule has 0 spiro atoms. The van der Waals surface area contributed by atoms with Gasteiger partial charge in [-0.1, -0.05) is 0 Å². The van der Waals surface area contributed by atoms with E-state index in [0.29, 0.717) is 47.5 Å². The average Bonchev–Trinajstić information content (AvgIpc) is 3.26. The molecular weight excluding hydrogens is 359 g/mol. The van der Waals surface area contributed by atoms with E-state index < -0.39 is 18.4 Å². The lowest BCUT2D eigenvalue weighted by molar-refractivity contribution is 0.0940. The van der Waals surface area contributed by atoms with Gasteiger partial charge < -0.3 is 10.2 Å². The summed E-state index contributed by atoms with van der Waals surface area (Å²) in [5.74, 6) is -0.352. The van der Waals surface area contributed by atoms with E-state index in [4.69, 9.17) is 2.74 Å². The highest BCUT2D eigenvalue weighted by molar-refractivity contribution is 5.99. The Kier molecular flexibility index (Phi) is 3.49. The van der Waals surface area contributed by atoms with Crippen molar-refractivity contribution in [2.45, 2.75) is 44.7 Å². The van der Waals surface area contributed by atoms with Gasteiger partial charge in [-0.3, -0.25) is 9.78 Å². The first-order chi connectivity index (χ1) is 14.3. The first-order valence-corrected chi connectivity index (χ1v) is 9.42. The first-order valence-electron chi connectivity index (χ1n) is 10.4. The van der Waals surface area contributed by atoms with Gasteiger partial charge in [-0.05, 0) is 50.3 Å². The van der Waals surface area contributed by atoms with E-state index in [1.54, 1.807) is 17.2 Å². The number of aryl methyl sites for hydroxylation is 1. The lowest BCUT2D eigenvalue weighted by Gasteiger charge is -2.27. The maximum absolute atomic E-state index is 14.2. The van der Waals surface area contributed by atoms with Crippen molar-refractivity contribution in [2.24, 2.45) is 0 Å². The van der Waals surface area contributed by atoms with E-state index in [1.165, 1.54) is 23.0 Å². The van der Waals surface area contributed by atoms with E-state index in [1.807, 2.05) is 6.92 Å². The molecule has 8 heteroatoms. The number of pyridine rings is 1. The molecule has 1 amide bonds. The van der Waals surface area contributed by atoms with Crippen LogP contribution < -0.4 is 10.2 Å². The minimum Gasteiger partial charge on any atom is -0.349 e. The van der Waals surface area contributed by atoms with Crippen LogP contribution in [-0.4, -0.2) is 38.0 Å². The minimum absolute atomic E-state index is 0.137. The Morgan fingerprint density at radius 2 is 2.25 bits per heavy atom. The highest BCUT2D eigenvalue weighted by atomic mass is 19.1. The summed E-state index contributed by atoms with van der Waals surface area (Å²) in [5.41, 5.74) is 2.08. The normalized spacial score (nSPS) is 25.1. The average molecular weight is 382 g/mol. The fraction of sp³-hybridized carbons (Fsp3) is 0.400. The number of rotatable bonds is 0. The van der Waals surface area contributed by atoms with Crippen LogP contribution in [0.5, 0.6) is 0 Å². The molecule has 144 valence electrons. The van der Waals surface area contributed by atoms with Crippen LogP contribution in [0.2, 0.25) is 0 Å². The highest BCUT2D eigenvalue weighted by Crippen LogP contribution is 2.37. The number of fused-ring (bicyclic) bond motifs is 5. The minimum atomic E-state index is -1.67. The van der Waals surface area contributed by atoms with Crippen LogP contribution in [0.15, 0.2) is 30.7 Å². The quantitative estimate of drug-likeness (QED) is 0.647. The molecule has 2 aliphatic rings. The zero-order valence-corrected chi connectivity index (χ0v) is 15.4. The summed E-state index contributed by atoms with van der Waals surface area (Å²) in [6, 6.07) is 2.58. The molecule has 0 aliphatic carbocycles. The predicted octanol–water partition coefficient (Wildman–Crippen LogP) is 2.67. The Hall–Kier alpha value is -3.03. The fourth-order valence-electron chi connectivity index (χ4n) is 3.96. The van der Waals surface area contributed by atoms with Gasteiger partial charge in [-0.25, -0.2) is 13.9 Å². The Balaban J connectivity index is 1.74. The van der Waals surface area contributed by atoms with Crippen molar-refractivity contribution < 1.29 is 11.9 Å². The van der Waals surface area contributed by atoms with Crippen molar-refractivity contribution in [2.75, 3.05) is 11.4 Å². The number of nitrogens with zero attached hydrogens (tertiary/aromatic N) is 5. The van der Waals surface area contributed by atoms with Crippen molar-refractivity contribution in [3.63, 3.8) is 0 Å². The van der Waals surface area contributed by atoms with E-state index in [2.05, 4.69) is 20.4 Å². The third-order valence-corrected chi connectivity index (χ3v) is 5.38. The molecular formula is C20H21FN6O. The third kappa shape index (κ3) is 2.80. The topological polar surface area (TPSA) is 75.4 Å². The number of anilines is 1. The lowest BCUT2D eigenvalue weighted by atomic mass is 9.98. The molecule has 2 atom stereocenters. The molecule has 3 aromatic rings. The summed E-state index contributed by atoms with van der Waals surface area (Å²) in [6.45, 7) is 0.237. The van der Waals surface area contributed by atoms with Crippen LogP contribution in [0.4, 0.5) is 10.2 Å². The van der Waals surface area contributed by atoms with E-state index >= 15 is 0 Å². The van der Waals surface area contributed by atoms with Gasteiger partial charge >= 0.3 is 0 Å². The molecule has 2 bridgehead atoms. The molecule has 0 radical (unpaired) electrons. The predicted molar refractivity (Wildman–Crippen MR) is 102 cm³/mol. The van der Waals surface area contributed by atoms with Gasteiger partial charge in [0.25, 0.3) is 5.91 Å². The Morgan fingerprint density at radius 1 is 1.36 bits per heavy atom. The molecule has 0 aromatic carbocycles. The van der Waals surface area contributed by atoms with Gasteiger partial charge in [0.15, 0.2) is 5.65 Å². The second kappa shape index (κ2) is 6.54. The van der Waals surface area contributed by atoms with Crippen molar-refractivity contribution in [1.29, 1.82) is 0 Å². The third-order valence-electron chi connectivity index (χ3n) is 5.38. The number of hydrogen-bond donors (Lipinski definition) is 1. The van der Waals surface area contributed by atoms with Gasteiger partial charge in [-0.15, -0.1) is 0 Å². The van der Waals surface area contributed by atoms with Crippen LogP contribution in [0.25, 0.3) is 5.65 Å².